The number of rotatable bonds is 15. The molecular formula is C43H51N3O5Si. The molecule has 9 heteroatoms. The summed E-state index contributed by atoms with van der Waals surface area (Å²) in [4.78, 5) is 32.0. The first-order valence-electron chi connectivity index (χ1n) is 18.3. The number of aromatic nitrogens is 1. The van der Waals surface area contributed by atoms with Gasteiger partial charge in [-0.3, -0.25) is 9.59 Å². The number of carbonyl (C=O) groups excluding carboxylic acids is 2. The number of hydrogen-bond acceptors (Lipinski definition) is 5. The van der Waals surface area contributed by atoms with Gasteiger partial charge in [0.1, 0.15) is 5.75 Å². The van der Waals surface area contributed by atoms with Crippen molar-refractivity contribution in [2.24, 2.45) is 5.92 Å². The van der Waals surface area contributed by atoms with Crippen LogP contribution in [0.1, 0.15) is 36.5 Å². The summed E-state index contributed by atoms with van der Waals surface area (Å²) in [5.74, 6) is 0.987. The van der Waals surface area contributed by atoms with Crippen molar-refractivity contribution in [1.82, 2.24) is 9.88 Å². The van der Waals surface area contributed by atoms with Gasteiger partial charge in [-0.25, -0.2) is 0 Å². The molecule has 0 saturated carbocycles. The molecule has 6 rings (SSSR count). The predicted molar refractivity (Wildman–Crippen MR) is 211 cm³/mol. The van der Waals surface area contributed by atoms with Crippen LogP contribution in [0.5, 0.6) is 5.75 Å². The van der Waals surface area contributed by atoms with Crippen LogP contribution in [-0.2, 0) is 33.7 Å². The highest BCUT2D eigenvalue weighted by Gasteiger charge is 2.51. The number of aromatic amines is 1. The summed E-state index contributed by atoms with van der Waals surface area (Å²) in [6.45, 7) is 7.69. The van der Waals surface area contributed by atoms with Crippen molar-refractivity contribution in [3.05, 3.63) is 126 Å². The number of H-pyrrole nitrogens is 1. The van der Waals surface area contributed by atoms with Gasteiger partial charge in [0, 0.05) is 35.9 Å². The van der Waals surface area contributed by atoms with Crippen LogP contribution in [-0.4, -0.2) is 67.3 Å². The number of benzene rings is 4. The van der Waals surface area contributed by atoms with Gasteiger partial charge < -0.3 is 29.8 Å². The highest BCUT2D eigenvalue weighted by Crippen LogP contribution is 2.46. The zero-order chi connectivity index (χ0) is 36.7. The summed E-state index contributed by atoms with van der Waals surface area (Å²) < 4.78 is 12.4. The maximum absolute atomic E-state index is 14.0. The molecule has 4 aromatic carbocycles. The quantitative estimate of drug-likeness (QED) is 0.100. The van der Waals surface area contributed by atoms with Crippen LogP contribution in [0.15, 0.2) is 109 Å². The molecule has 0 spiro atoms. The van der Waals surface area contributed by atoms with E-state index in [9.17, 15) is 14.7 Å². The van der Waals surface area contributed by atoms with Gasteiger partial charge in [-0.05, 0) is 71.3 Å². The highest BCUT2D eigenvalue weighted by atomic mass is 28.3. The second kappa shape index (κ2) is 16.8. The third kappa shape index (κ3) is 8.66. The van der Waals surface area contributed by atoms with Crippen LogP contribution >= 0.6 is 0 Å². The van der Waals surface area contributed by atoms with Crippen molar-refractivity contribution < 1.29 is 24.2 Å². The molecule has 2 amide bonds. The molecule has 1 aliphatic rings. The molecule has 1 fully saturated rings. The Bertz CT molecular complexity index is 1940. The van der Waals surface area contributed by atoms with Crippen LogP contribution in [0.25, 0.3) is 10.9 Å². The van der Waals surface area contributed by atoms with E-state index >= 15 is 0 Å². The number of methoxy groups -OCH3 is 1. The molecule has 0 radical (unpaired) electrons. The summed E-state index contributed by atoms with van der Waals surface area (Å²) in [6.07, 6.45) is 3.76. The van der Waals surface area contributed by atoms with Gasteiger partial charge in [0.05, 0.1) is 46.8 Å². The Hall–Kier alpha value is -4.70. The molecule has 4 atom stereocenters. The standard InChI is InChI=1S/C43H51N3O5Si/c1-30-39(22-17-31-13-10-14-34(25-31)45-41(48)26-33-28-44-38-16-9-8-15-37(33)38)51-40(43(30)52(3,4)36-20-18-35(50-2)19-21-36)27-42(49)46(23-24-47)29-32-11-6-5-7-12-32/h5-16,18-21,25,28,30,39-40,43-44,47H,17,22-24,26-27,29H2,1-4H3,(H,45,48)/t30-,39+,40-,43+/m0/s1. The second-order valence-electron chi connectivity index (χ2n) is 14.6. The number of fused-ring (bicyclic) bond motifs is 1. The van der Waals surface area contributed by atoms with Gasteiger partial charge in [0.2, 0.25) is 11.8 Å². The number of amides is 2. The molecule has 0 aliphatic carbocycles. The minimum Gasteiger partial charge on any atom is -0.497 e. The number of aliphatic hydroxyl groups is 1. The summed E-state index contributed by atoms with van der Waals surface area (Å²) in [5, 5.41) is 15.3. The molecule has 2 heterocycles. The van der Waals surface area contributed by atoms with E-state index in [1.807, 2.05) is 85.1 Å². The summed E-state index contributed by atoms with van der Waals surface area (Å²) >= 11 is 0. The van der Waals surface area contributed by atoms with Gasteiger partial charge in [0.25, 0.3) is 0 Å². The average molecular weight is 718 g/mol. The van der Waals surface area contributed by atoms with Gasteiger partial charge in [0.15, 0.2) is 0 Å². The summed E-state index contributed by atoms with van der Waals surface area (Å²) in [5.41, 5.74) is 5.12. The lowest BCUT2D eigenvalue weighted by atomic mass is 9.95. The number of para-hydroxylation sites is 1. The third-order valence-electron chi connectivity index (χ3n) is 10.8. The first-order valence-corrected chi connectivity index (χ1v) is 21.4. The average Bonchev–Trinajstić information content (AvgIpc) is 3.70. The smallest absolute Gasteiger partial charge is 0.228 e. The number of aryl methyl sites for hydroxylation is 1. The molecule has 1 aromatic heterocycles. The Kier molecular flexibility index (Phi) is 11.9. The summed E-state index contributed by atoms with van der Waals surface area (Å²) in [6, 6.07) is 34.4. The molecule has 0 unspecified atom stereocenters. The number of nitrogens with zero attached hydrogens (tertiary/aromatic N) is 1. The number of carbonyl (C=O) groups is 2. The zero-order valence-electron chi connectivity index (χ0n) is 30.7. The van der Waals surface area contributed by atoms with E-state index in [-0.39, 0.29) is 61.5 Å². The number of anilines is 1. The van der Waals surface area contributed by atoms with E-state index in [0.29, 0.717) is 6.54 Å². The number of ether oxygens (including phenoxy) is 2. The lowest BCUT2D eigenvalue weighted by Crippen LogP contribution is -2.51. The minimum absolute atomic E-state index is 0.00337. The Morgan fingerprint density at radius 2 is 1.65 bits per heavy atom. The van der Waals surface area contributed by atoms with Crippen LogP contribution < -0.4 is 15.2 Å². The van der Waals surface area contributed by atoms with Gasteiger partial charge in [-0.2, -0.15) is 0 Å². The normalized spacial score (nSPS) is 18.7. The second-order valence-corrected chi connectivity index (χ2v) is 19.3. The van der Waals surface area contributed by atoms with Crippen molar-refractivity contribution in [2.45, 2.75) is 70.0 Å². The van der Waals surface area contributed by atoms with Crippen LogP contribution in [0.4, 0.5) is 5.69 Å². The number of nitrogens with one attached hydrogen (secondary N) is 2. The van der Waals surface area contributed by atoms with Gasteiger partial charge in [-0.1, -0.05) is 98.0 Å². The van der Waals surface area contributed by atoms with Crippen molar-refractivity contribution in [2.75, 3.05) is 25.6 Å². The minimum atomic E-state index is -2.17. The fraction of sp³-hybridized carbons (Fsp3) is 0.349. The van der Waals surface area contributed by atoms with E-state index in [1.54, 1.807) is 12.0 Å². The molecule has 52 heavy (non-hydrogen) atoms. The Labute approximate surface area is 308 Å². The van der Waals surface area contributed by atoms with E-state index in [1.165, 1.54) is 5.19 Å². The van der Waals surface area contributed by atoms with Gasteiger partial charge in [-0.15, -0.1) is 0 Å². The molecule has 1 aliphatic heterocycles. The maximum atomic E-state index is 14.0. The number of hydrogen-bond donors (Lipinski definition) is 3. The maximum Gasteiger partial charge on any atom is 0.228 e. The van der Waals surface area contributed by atoms with E-state index in [4.69, 9.17) is 9.47 Å². The fourth-order valence-corrected chi connectivity index (χ4v) is 12.2. The van der Waals surface area contributed by atoms with E-state index < -0.39 is 8.07 Å². The first kappa shape index (κ1) is 37.1. The SMILES string of the molecule is COc1ccc([Si](C)(C)[C@@H]2[C@@H](C)[C@@H](CCc3cccc(NC(=O)Cc4c[nH]c5ccccc45)c3)O[C@H]2CC(=O)N(CCO)Cc2ccccc2)cc1. The number of aliphatic hydroxyl groups excluding tert-OH is 1. The van der Waals surface area contributed by atoms with Crippen LogP contribution in [0.2, 0.25) is 18.6 Å². The largest absolute Gasteiger partial charge is 0.497 e. The monoisotopic (exact) mass is 717 g/mol. The van der Waals surface area contributed by atoms with Crippen molar-refractivity contribution in [3.8, 4) is 5.75 Å². The molecule has 1 saturated heterocycles. The third-order valence-corrected chi connectivity index (χ3v) is 15.2. The Morgan fingerprint density at radius 3 is 2.40 bits per heavy atom. The fourth-order valence-electron chi connectivity index (χ4n) is 8.13. The summed E-state index contributed by atoms with van der Waals surface area (Å²) in [7, 11) is -0.495. The molecule has 5 aromatic rings. The topological polar surface area (TPSA) is 104 Å². The zero-order valence-corrected chi connectivity index (χ0v) is 31.7. The van der Waals surface area contributed by atoms with Crippen molar-refractivity contribution >= 4 is 41.7 Å². The van der Waals surface area contributed by atoms with Crippen LogP contribution in [0.3, 0.4) is 0 Å². The lowest BCUT2D eigenvalue weighted by Gasteiger charge is -2.36. The van der Waals surface area contributed by atoms with Gasteiger partial charge >= 0.3 is 0 Å². The first-order chi connectivity index (χ1) is 25.2. The predicted octanol–water partition coefficient (Wildman–Crippen LogP) is 7.09. The van der Waals surface area contributed by atoms with E-state index in [2.05, 4.69) is 54.6 Å². The Morgan fingerprint density at radius 1 is 0.923 bits per heavy atom. The molecule has 0 bridgehead atoms. The van der Waals surface area contributed by atoms with Crippen LogP contribution in [0, 0.1) is 5.92 Å². The molecule has 272 valence electrons. The lowest BCUT2D eigenvalue weighted by molar-refractivity contribution is -0.135. The molecule has 8 nitrogen and oxygen atoms in total. The Balaban J connectivity index is 1.16. The van der Waals surface area contributed by atoms with Crippen molar-refractivity contribution in [1.29, 1.82) is 0 Å². The molecular weight excluding hydrogens is 667 g/mol. The highest BCUT2D eigenvalue weighted by molar-refractivity contribution is 6.91. The molecule has 3 N–H and O–H groups in total. The van der Waals surface area contributed by atoms with Crippen molar-refractivity contribution in [3.63, 3.8) is 0 Å². The van der Waals surface area contributed by atoms with E-state index in [0.717, 1.165) is 51.9 Å².